The maximum absolute atomic E-state index is 11.7. The van der Waals surface area contributed by atoms with Gasteiger partial charge in [0.25, 0.3) is 0 Å². The third-order valence-electron chi connectivity index (χ3n) is 2.94. The van der Waals surface area contributed by atoms with E-state index in [0.717, 1.165) is 17.7 Å². The number of rotatable bonds is 7. The monoisotopic (exact) mass is 324 g/mol. The van der Waals surface area contributed by atoms with Crippen molar-refractivity contribution in [3.63, 3.8) is 0 Å². The Kier molecular flexibility index (Phi) is 6.46. The molecule has 0 fully saturated rings. The molecule has 5 heteroatoms. The van der Waals surface area contributed by atoms with Gasteiger partial charge < -0.3 is 9.47 Å². The lowest BCUT2D eigenvalue weighted by molar-refractivity contribution is -0.143. The Bertz CT molecular complexity index is 720. The quantitative estimate of drug-likeness (QED) is 0.445. The molecule has 0 unspecified atom stereocenters. The molecule has 5 nitrogen and oxygen atoms in total. The van der Waals surface area contributed by atoms with Gasteiger partial charge in [0.2, 0.25) is 0 Å². The number of hydrogen-bond acceptors (Lipinski definition) is 5. The van der Waals surface area contributed by atoms with Crippen LogP contribution in [-0.2, 0) is 25.5 Å². The number of carbonyl (C=O) groups excluding carboxylic acids is 3. The zero-order chi connectivity index (χ0) is 17.2. The van der Waals surface area contributed by atoms with Gasteiger partial charge in [-0.15, -0.1) is 0 Å². The van der Waals surface area contributed by atoms with Crippen LogP contribution in [0.15, 0.2) is 72.8 Å². The molecule has 24 heavy (non-hydrogen) atoms. The smallest absolute Gasteiger partial charge is 0.336 e. The largest absolute Gasteiger partial charge is 0.455 e. The average molecular weight is 324 g/mol. The molecule has 0 saturated heterocycles. The van der Waals surface area contributed by atoms with Crippen molar-refractivity contribution in [3.05, 3.63) is 78.4 Å². The molecule has 0 amide bonds. The molecule has 122 valence electrons. The predicted octanol–water partition coefficient (Wildman–Crippen LogP) is 2.50. The lowest BCUT2D eigenvalue weighted by atomic mass is 10.1. The van der Waals surface area contributed by atoms with Gasteiger partial charge in [0.15, 0.2) is 12.4 Å². The molecule has 0 saturated carbocycles. The molecule has 0 aliphatic carbocycles. The first kappa shape index (κ1) is 17.1. The summed E-state index contributed by atoms with van der Waals surface area (Å²) in [5.74, 6) is -1.33. The van der Waals surface area contributed by atoms with Crippen molar-refractivity contribution in [1.29, 1.82) is 0 Å². The molecule has 2 rings (SSSR count). The average Bonchev–Trinajstić information content (AvgIpc) is 2.60. The molecule has 0 N–H and O–H groups in total. The molecule has 0 aromatic heterocycles. The van der Waals surface area contributed by atoms with Crippen molar-refractivity contribution in [1.82, 2.24) is 0 Å². The van der Waals surface area contributed by atoms with Crippen LogP contribution in [0.1, 0.15) is 5.56 Å². The van der Waals surface area contributed by atoms with Crippen LogP contribution < -0.4 is 4.74 Å². The lowest BCUT2D eigenvalue weighted by Gasteiger charge is -2.02. The summed E-state index contributed by atoms with van der Waals surface area (Å²) in [6.45, 7) is -0.341. The van der Waals surface area contributed by atoms with Crippen molar-refractivity contribution in [3.8, 4) is 5.75 Å². The second kappa shape index (κ2) is 9.05. The van der Waals surface area contributed by atoms with Gasteiger partial charge in [-0.1, -0.05) is 48.5 Å². The first-order valence-electron chi connectivity index (χ1n) is 7.31. The summed E-state index contributed by atoms with van der Waals surface area (Å²) >= 11 is 0. The molecular weight excluding hydrogens is 308 g/mol. The lowest BCUT2D eigenvalue weighted by Crippen LogP contribution is -2.15. The zero-order valence-electron chi connectivity index (χ0n) is 12.9. The van der Waals surface area contributed by atoms with Gasteiger partial charge >= 0.3 is 11.9 Å². The summed E-state index contributed by atoms with van der Waals surface area (Å²) in [6.07, 6.45) is 2.08. The molecule has 0 radical (unpaired) electrons. The summed E-state index contributed by atoms with van der Waals surface area (Å²) in [7, 11) is 0. The third-order valence-corrected chi connectivity index (χ3v) is 2.94. The summed E-state index contributed by atoms with van der Waals surface area (Å²) < 4.78 is 9.76. The number of benzene rings is 2. The Labute approximate surface area is 139 Å². The second-order valence-electron chi connectivity index (χ2n) is 4.88. The normalized spacial score (nSPS) is 10.3. The van der Waals surface area contributed by atoms with E-state index in [9.17, 15) is 14.4 Å². The van der Waals surface area contributed by atoms with Crippen molar-refractivity contribution in [2.75, 3.05) is 6.61 Å². The molecule has 0 bridgehead atoms. The van der Waals surface area contributed by atoms with Gasteiger partial charge in [0.05, 0.1) is 0 Å². The number of ether oxygens (including phenoxy) is 2. The number of para-hydroxylation sites is 1. The molecular formula is C19H16O5. The molecule has 0 heterocycles. The van der Waals surface area contributed by atoms with E-state index in [-0.39, 0.29) is 18.8 Å². The van der Waals surface area contributed by atoms with Crippen LogP contribution in [0.4, 0.5) is 0 Å². The minimum absolute atomic E-state index is 0.188. The Morgan fingerprint density at radius 2 is 1.38 bits per heavy atom. The SMILES string of the molecule is O=C(COC(=O)/C=C/C(=O)Oc1ccccc1)Cc1ccccc1. The summed E-state index contributed by atoms with van der Waals surface area (Å²) in [6, 6.07) is 17.6. The van der Waals surface area contributed by atoms with Crippen LogP contribution in [0.25, 0.3) is 0 Å². The minimum atomic E-state index is -0.776. The first-order chi connectivity index (χ1) is 11.6. The van der Waals surface area contributed by atoms with Crippen LogP contribution in [-0.4, -0.2) is 24.3 Å². The second-order valence-corrected chi connectivity index (χ2v) is 4.88. The van der Waals surface area contributed by atoms with E-state index in [1.165, 1.54) is 0 Å². The molecule has 0 aliphatic rings. The highest BCUT2D eigenvalue weighted by molar-refractivity contribution is 5.93. The first-order valence-corrected chi connectivity index (χ1v) is 7.31. The molecule has 0 spiro atoms. The van der Waals surface area contributed by atoms with Crippen molar-refractivity contribution in [2.45, 2.75) is 6.42 Å². The Morgan fingerprint density at radius 1 is 0.792 bits per heavy atom. The fourth-order valence-corrected chi connectivity index (χ4v) is 1.85. The minimum Gasteiger partial charge on any atom is -0.455 e. The molecule has 0 aliphatic heterocycles. The van der Waals surface area contributed by atoms with Crippen LogP contribution >= 0.6 is 0 Å². The van der Waals surface area contributed by atoms with Crippen molar-refractivity contribution in [2.24, 2.45) is 0 Å². The van der Waals surface area contributed by atoms with E-state index >= 15 is 0 Å². The number of hydrogen-bond donors (Lipinski definition) is 0. The van der Waals surface area contributed by atoms with Gasteiger partial charge in [-0.2, -0.15) is 0 Å². The number of Topliss-reactive ketones (excluding diaryl/α,β-unsaturated/α-hetero) is 1. The topological polar surface area (TPSA) is 69.7 Å². The zero-order valence-corrected chi connectivity index (χ0v) is 12.9. The maximum Gasteiger partial charge on any atom is 0.336 e. The van der Waals surface area contributed by atoms with E-state index in [0.29, 0.717) is 5.75 Å². The van der Waals surface area contributed by atoms with Crippen molar-refractivity contribution < 1.29 is 23.9 Å². The fourth-order valence-electron chi connectivity index (χ4n) is 1.85. The third kappa shape index (κ3) is 6.27. The highest BCUT2D eigenvalue weighted by Crippen LogP contribution is 2.08. The van der Waals surface area contributed by atoms with Gasteiger partial charge in [-0.3, -0.25) is 4.79 Å². The van der Waals surface area contributed by atoms with E-state index in [1.54, 1.807) is 30.3 Å². The van der Waals surface area contributed by atoms with E-state index in [1.807, 2.05) is 30.3 Å². The molecule has 2 aromatic carbocycles. The van der Waals surface area contributed by atoms with Gasteiger partial charge in [0, 0.05) is 18.6 Å². The van der Waals surface area contributed by atoms with Crippen molar-refractivity contribution >= 4 is 17.7 Å². The highest BCUT2D eigenvalue weighted by Gasteiger charge is 2.07. The predicted molar refractivity (Wildman–Crippen MR) is 87.3 cm³/mol. The van der Waals surface area contributed by atoms with E-state index in [4.69, 9.17) is 9.47 Å². The van der Waals surface area contributed by atoms with Crippen LogP contribution in [0.3, 0.4) is 0 Å². The fraction of sp³-hybridized carbons (Fsp3) is 0.105. The van der Waals surface area contributed by atoms with Gasteiger partial charge in [-0.25, -0.2) is 9.59 Å². The van der Waals surface area contributed by atoms with Crippen LogP contribution in [0.5, 0.6) is 5.75 Å². The van der Waals surface area contributed by atoms with Crippen LogP contribution in [0, 0.1) is 0 Å². The van der Waals surface area contributed by atoms with Gasteiger partial charge in [0.1, 0.15) is 5.75 Å². The summed E-state index contributed by atoms with van der Waals surface area (Å²) in [5, 5.41) is 0. The number of esters is 2. The standard InChI is InChI=1S/C19H16O5/c20-16(13-15-7-3-1-4-8-15)14-23-18(21)11-12-19(22)24-17-9-5-2-6-10-17/h1-12H,13-14H2/b12-11+. The Morgan fingerprint density at radius 3 is 2.04 bits per heavy atom. The van der Waals surface area contributed by atoms with Gasteiger partial charge in [-0.05, 0) is 17.7 Å². The Hall–Kier alpha value is -3.21. The maximum atomic E-state index is 11.7. The number of carbonyl (C=O) groups is 3. The highest BCUT2D eigenvalue weighted by atomic mass is 16.5. The Balaban J connectivity index is 1.72. The van der Waals surface area contributed by atoms with E-state index in [2.05, 4.69) is 0 Å². The van der Waals surface area contributed by atoms with Crippen LogP contribution in [0.2, 0.25) is 0 Å². The summed E-state index contributed by atoms with van der Waals surface area (Å²) in [4.78, 5) is 34.7. The summed E-state index contributed by atoms with van der Waals surface area (Å²) in [5.41, 5.74) is 0.848. The number of ketones is 1. The molecule has 0 atom stereocenters. The van der Waals surface area contributed by atoms with E-state index < -0.39 is 11.9 Å². The molecule has 2 aromatic rings.